The van der Waals surface area contributed by atoms with Crippen LogP contribution in [0.3, 0.4) is 0 Å². The Balaban J connectivity index is 2.21. The van der Waals surface area contributed by atoms with E-state index < -0.39 is 0 Å². The fourth-order valence-electron chi connectivity index (χ4n) is 3.54. The highest BCUT2D eigenvalue weighted by molar-refractivity contribution is 6.34. The van der Waals surface area contributed by atoms with Crippen LogP contribution in [0.1, 0.15) is 57.6 Å². The van der Waals surface area contributed by atoms with Crippen molar-refractivity contribution in [2.45, 2.75) is 52.0 Å². The van der Waals surface area contributed by atoms with Crippen molar-refractivity contribution in [3.8, 4) is 0 Å². The zero-order valence-corrected chi connectivity index (χ0v) is 14.0. The van der Waals surface area contributed by atoms with Crippen molar-refractivity contribution in [3.63, 3.8) is 0 Å². The molecule has 0 radical (unpaired) electrons. The lowest BCUT2D eigenvalue weighted by atomic mass is 9.75. The average Bonchev–Trinajstić information content (AvgIpc) is 2.43. The molecule has 3 atom stereocenters. The number of nitrogens with one attached hydrogen (secondary N) is 1. The topological polar surface area (TPSA) is 12.0 Å². The predicted octanol–water partition coefficient (Wildman–Crippen LogP) is 5.86. The van der Waals surface area contributed by atoms with Gasteiger partial charge in [-0.15, -0.1) is 0 Å². The third kappa shape index (κ3) is 4.13. The molecule has 0 saturated heterocycles. The lowest BCUT2D eigenvalue weighted by Gasteiger charge is -2.35. The summed E-state index contributed by atoms with van der Waals surface area (Å²) in [6, 6.07) is 6.32. The average molecular weight is 314 g/mol. The van der Waals surface area contributed by atoms with Gasteiger partial charge in [0, 0.05) is 16.1 Å². The summed E-state index contributed by atoms with van der Waals surface area (Å²) in [6.45, 7) is 5.45. The van der Waals surface area contributed by atoms with Crippen LogP contribution in [0.2, 0.25) is 10.0 Å². The van der Waals surface area contributed by atoms with Gasteiger partial charge in [-0.25, -0.2) is 0 Å². The molecular weight excluding hydrogens is 289 g/mol. The number of hydrogen-bond donors (Lipinski definition) is 1. The van der Waals surface area contributed by atoms with Gasteiger partial charge in [0.2, 0.25) is 0 Å². The van der Waals surface area contributed by atoms with E-state index in [1.807, 2.05) is 6.07 Å². The van der Waals surface area contributed by atoms with E-state index in [-0.39, 0.29) is 0 Å². The first-order chi connectivity index (χ1) is 9.63. The van der Waals surface area contributed by atoms with Gasteiger partial charge in [0.15, 0.2) is 0 Å². The van der Waals surface area contributed by atoms with Crippen molar-refractivity contribution in [1.82, 2.24) is 5.32 Å². The maximum atomic E-state index is 6.18. The number of rotatable bonds is 5. The van der Waals surface area contributed by atoms with E-state index in [4.69, 9.17) is 23.2 Å². The molecule has 1 fully saturated rings. The molecule has 20 heavy (non-hydrogen) atoms. The normalized spacial score (nSPS) is 24.6. The van der Waals surface area contributed by atoms with E-state index in [9.17, 15) is 0 Å². The summed E-state index contributed by atoms with van der Waals surface area (Å²) in [5.41, 5.74) is 1.24. The zero-order chi connectivity index (χ0) is 14.5. The summed E-state index contributed by atoms with van der Waals surface area (Å²) in [4.78, 5) is 0. The van der Waals surface area contributed by atoms with Crippen LogP contribution in [0.4, 0.5) is 0 Å². The van der Waals surface area contributed by atoms with Crippen molar-refractivity contribution in [2.75, 3.05) is 6.54 Å². The summed E-state index contributed by atoms with van der Waals surface area (Å²) in [5, 5.41) is 5.12. The fourth-order valence-corrected chi connectivity index (χ4v) is 4.08. The SMILES string of the molecule is CCNC(c1cc(Cl)cc(Cl)c1)C1CCCC(CC)C1. The summed E-state index contributed by atoms with van der Waals surface area (Å²) in [7, 11) is 0. The Morgan fingerprint density at radius 3 is 2.45 bits per heavy atom. The van der Waals surface area contributed by atoms with Gasteiger partial charge < -0.3 is 5.32 Å². The van der Waals surface area contributed by atoms with E-state index in [1.54, 1.807) is 0 Å². The predicted molar refractivity (Wildman–Crippen MR) is 88.6 cm³/mol. The molecule has 2 rings (SSSR count). The summed E-state index contributed by atoms with van der Waals surface area (Å²) < 4.78 is 0. The zero-order valence-electron chi connectivity index (χ0n) is 12.5. The Hall–Kier alpha value is -0.240. The second kappa shape index (κ2) is 7.68. The van der Waals surface area contributed by atoms with E-state index in [1.165, 1.54) is 37.7 Å². The molecule has 112 valence electrons. The number of hydrogen-bond acceptors (Lipinski definition) is 1. The van der Waals surface area contributed by atoms with Gasteiger partial charge in [0.1, 0.15) is 0 Å². The molecule has 1 saturated carbocycles. The fraction of sp³-hybridized carbons (Fsp3) is 0.647. The molecule has 1 aromatic carbocycles. The summed E-state index contributed by atoms with van der Waals surface area (Å²) >= 11 is 12.4. The third-order valence-corrected chi connectivity index (χ3v) is 4.98. The first-order valence-corrected chi connectivity index (χ1v) is 8.59. The molecule has 0 spiro atoms. The smallest absolute Gasteiger partial charge is 0.0424 e. The van der Waals surface area contributed by atoms with Crippen LogP contribution in [0.5, 0.6) is 0 Å². The van der Waals surface area contributed by atoms with Crippen molar-refractivity contribution in [3.05, 3.63) is 33.8 Å². The van der Waals surface area contributed by atoms with Gasteiger partial charge in [-0.2, -0.15) is 0 Å². The largest absolute Gasteiger partial charge is 0.310 e. The van der Waals surface area contributed by atoms with Crippen molar-refractivity contribution in [1.29, 1.82) is 0 Å². The minimum absolute atomic E-state index is 0.380. The van der Waals surface area contributed by atoms with Gasteiger partial charge in [0.05, 0.1) is 0 Å². The maximum absolute atomic E-state index is 6.18. The first-order valence-electron chi connectivity index (χ1n) is 7.83. The lowest BCUT2D eigenvalue weighted by Crippen LogP contribution is -2.31. The molecular formula is C17H25Cl2N. The van der Waals surface area contributed by atoms with Crippen LogP contribution < -0.4 is 5.32 Å². The lowest BCUT2D eigenvalue weighted by molar-refractivity contribution is 0.210. The molecule has 1 nitrogen and oxygen atoms in total. The van der Waals surface area contributed by atoms with Crippen molar-refractivity contribution >= 4 is 23.2 Å². The van der Waals surface area contributed by atoms with E-state index in [0.717, 1.165) is 22.5 Å². The van der Waals surface area contributed by atoms with Crippen molar-refractivity contribution in [2.24, 2.45) is 11.8 Å². The highest BCUT2D eigenvalue weighted by Crippen LogP contribution is 2.39. The molecule has 1 N–H and O–H groups in total. The Bertz CT molecular complexity index is 413. The van der Waals surface area contributed by atoms with Crippen LogP contribution >= 0.6 is 23.2 Å². The number of benzene rings is 1. The standard InChI is InChI=1S/C17H25Cl2N/c1-3-12-6-5-7-13(8-12)17(20-4-2)14-9-15(18)11-16(19)10-14/h9-13,17,20H,3-8H2,1-2H3. The highest BCUT2D eigenvalue weighted by Gasteiger charge is 2.28. The summed E-state index contributed by atoms with van der Waals surface area (Å²) in [6.07, 6.45) is 6.66. The van der Waals surface area contributed by atoms with Crippen LogP contribution in [0, 0.1) is 11.8 Å². The Labute approximate surface area is 133 Å². The third-order valence-electron chi connectivity index (χ3n) is 4.54. The van der Waals surface area contributed by atoms with Gasteiger partial charge in [-0.3, -0.25) is 0 Å². The van der Waals surface area contributed by atoms with Crippen LogP contribution in [0.25, 0.3) is 0 Å². The van der Waals surface area contributed by atoms with E-state index in [2.05, 4.69) is 31.3 Å². The molecule has 3 unspecified atom stereocenters. The maximum Gasteiger partial charge on any atom is 0.0424 e. The highest BCUT2D eigenvalue weighted by atomic mass is 35.5. The van der Waals surface area contributed by atoms with Gasteiger partial charge in [-0.1, -0.05) is 56.3 Å². The summed E-state index contributed by atoms with van der Waals surface area (Å²) in [5.74, 6) is 1.58. The van der Waals surface area contributed by atoms with Crippen LogP contribution in [-0.2, 0) is 0 Å². The monoisotopic (exact) mass is 313 g/mol. The Morgan fingerprint density at radius 1 is 1.15 bits per heavy atom. The van der Waals surface area contributed by atoms with Gasteiger partial charge in [-0.05, 0) is 55.0 Å². The molecule has 3 heteroatoms. The van der Waals surface area contributed by atoms with Crippen LogP contribution in [0.15, 0.2) is 18.2 Å². The minimum Gasteiger partial charge on any atom is -0.310 e. The molecule has 0 aliphatic heterocycles. The minimum atomic E-state index is 0.380. The molecule has 1 aromatic rings. The number of halogens is 2. The van der Waals surface area contributed by atoms with Crippen molar-refractivity contribution < 1.29 is 0 Å². The van der Waals surface area contributed by atoms with E-state index >= 15 is 0 Å². The quantitative estimate of drug-likeness (QED) is 0.717. The second-order valence-electron chi connectivity index (χ2n) is 5.94. The molecule has 0 heterocycles. The van der Waals surface area contributed by atoms with E-state index in [0.29, 0.717) is 12.0 Å². The molecule has 0 amide bonds. The Morgan fingerprint density at radius 2 is 1.85 bits per heavy atom. The molecule has 1 aliphatic rings. The first kappa shape index (κ1) is 16.1. The molecule has 0 aromatic heterocycles. The van der Waals surface area contributed by atoms with Crippen LogP contribution in [-0.4, -0.2) is 6.54 Å². The van der Waals surface area contributed by atoms with Gasteiger partial charge in [0.25, 0.3) is 0 Å². The second-order valence-corrected chi connectivity index (χ2v) is 6.81. The molecule has 1 aliphatic carbocycles. The van der Waals surface area contributed by atoms with Gasteiger partial charge >= 0.3 is 0 Å². The Kier molecular flexibility index (Phi) is 6.20. The molecule has 0 bridgehead atoms.